The van der Waals surface area contributed by atoms with Crippen LogP contribution in [-0.2, 0) is 0 Å². The minimum Gasteiger partial charge on any atom is -0.192 e. The van der Waals surface area contributed by atoms with Gasteiger partial charge in [-0.25, -0.2) is 0 Å². The number of nitrogens with zero attached hydrogens (tertiary/aromatic N) is 1. The van der Waals surface area contributed by atoms with Crippen LogP contribution in [0.2, 0.25) is 0 Å². The van der Waals surface area contributed by atoms with Gasteiger partial charge in [-0.2, -0.15) is 5.26 Å². The molecule has 1 aromatic carbocycles. The largest absolute Gasteiger partial charge is 0.192 e. The van der Waals surface area contributed by atoms with Gasteiger partial charge in [-0.05, 0) is 49.9 Å². The van der Waals surface area contributed by atoms with Crippen molar-refractivity contribution >= 4 is 0 Å². The van der Waals surface area contributed by atoms with Gasteiger partial charge in [-0.3, -0.25) is 0 Å². The number of nitriles is 1. The highest BCUT2D eigenvalue weighted by molar-refractivity contribution is 5.49. The van der Waals surface area contributed by atoms with Crippen LogP contribution in [0.25, 0.3) is 0 Å². The number of aryl methyl sites for hydroxylation is 2. The van der Waals surface area contributed by atoms with Crippen LogP contribution < -0.4 is 0 Å². The van der Waals surface area contributed by atoms with E-state index in [0.717, 1.165) is 16.7 Å². The Kier molecular flexibility index (Phi) is 2.19. The van der Waals surface area contributed by atoms with E-state index in [-0.39, 0.29) is 0 Å². The summed E-state index contributed by atoms with van der Waals surface area (Å²) in [5, 5.41) is 8.86. The van der Waals surface area contributed by atoms with Crippen LogP contribution in [0.5, 0.6) is 0 Å². The fourth-order valence-electron chi connectivity index (χ4n) is 1.46. The topological polar surface area (TPSA) is 23.8 Å². The standard InChI is InChI=1S/C11H13N/c1-7-5-8(2)11(6-12)10(4)9(7)3/h5H,1-4H3. The Morgan fingerprint density at radius 1 is 1.00 bits per heavy atom. The van der Waals surface area contributed by atoms with Crippen molar-refractivity contribution in [1.29, 1.82) is 5.26 Å². The molecule has 1 nitrogen and oxygen atoms in total. The molecular formula is C11H13N. The van der Waals surface area contributed by atoms with E-state index in [2.05, 4.69) is 26.0 Å². The van der Waals surface area contributed by atoms with Crippen LogP contribution in [0, 0.1) is 39.0 Å². The van der Waals surface area contributed by atoms with E-state index in [1.807, 2.05) is 13.8 Å². The highest BCUT2D eigenvalue weighted by atomic mass is 14.3. The van der Waals surface area contributed by atoms with E-state index in [1.165, 1.54) is 11.1 Å². The van der Waals surface area contributed by atoms with Crippen LogP contribution in [-0.4, -0.2) is 0 Å². The Morgan fingerprint density at radius 2 is 1.58 bits per heavy atom. The van der Waals surface area contributed by atoms with Crippen molar-refractivity contribution < 1.29 is 0 Å². The first-order valence-corrected chi connectivity index (χ1v) is 4.05. The number of benzene rings is 1. The Hall–Kier alpha value is -1.29. The van der Waals surface area contributed by atoms with Crippen LogP contribution in [0.3, 0.4) is 0 Å². The molecule has 1 aromatic rings. The van der Waals surface area contributed by atoms with Gasteiger partial charge in [-0.1, -0.05) is 6.07 Å². The minimum atomic E-state index is 0.832. The molecule has 0 fully saturated rings. The fraction of sp³-hybridized carbons (Fsp3) is 0.364. The fourth-order valence-corrected chi connectivity index (χ4v) is 1.46. The smallest absolute Gasteiger partial charge is 0.0997 e. The Bertz CT molecular complexity index is 356. The molecule has 0 saturated carbocycles. The summed E-state index contributed by atoms with van der Waals surface area (Å²) in [4.78, 5) is 0. The molecule has 12 heavy (non-hydrogen) atoms. The lowest BCUT2D eigenvalue weighted by molar-refractivity contribution is 1.21. The second-order valence-corrected chi connectivity index (χ2v) is 3.25. The monoisotopic (exact) mass is 159 g/mol. The second kappa shape index (κ2) is 2.98. The molecule has 0 spiro atoms. The first-order chi connectivity index (χ1) is 5.57. The predicted molar refractivity (Wildman–Crippen MR) is 50.1 cm³/mol. The molecule has 0 atom stereocenters. The van der Waals surface area contributed by atoms with E-state index in [1.54, 1.807) is 0 Å². The van der Waals surface area contributed by atoms with Crippen molar-refractivity contribution in [2.75, 3.05) is 0 Å². The van der Waals surface area contributed by atoms with E-state index >= 15 is 0 Å². The first-order valence-electron chi connectivity index (χ1n) is 4.05. The molecule has 0 aliphatic heterocycles. The van der Waals surface area contributed by atoms with Gasteiger partial charge in [0.1, 0.15) is 0 Å². The van der Waals surface area contributed by atoms with Crippen molar-refractivity contribution in [3.05, 3.63) is 33.9 Å². The van der Waals surface area contributed by atoms with Gasteiger partial charge in [0, 0.05) is 0 Å². The Labute approximate surface area is 73.6 Å². The summed E-state index contributed by atoms with van der Waals surface area (Å²) in [6, 6.07) is 4.30. The van der Waals surface area contributed by atoms with E-state index in [0.29, 0.717) is 0 Å². The Morgan fingerprint density at radius 3 is 2.08 bits per heavy atom. The molecule has 0 saturated heterocycles. The molecule has 0 N–H and O–H groups in total. The quantitative estimate of drug-likeness (QED) is 0.571. The van der Waals surface area contributed by atoms with Gasteiger partial charge in [0.05, 0.1) is 11.6 Å². The van der Waals surface area contributed by atoms with Crippen LogP contribution in [0.15, 0.2) is 6.07 Å². The third-order valence-corrected chi connectivity index (χ3v) is 2.47. The molecule has 1 rings (SSSR count). The summed E-state index contributed by atoms with van der Waals surface area (Å²) in [7, 11) is 0. The van der Waals surface area contributed by atoms with Crippen LogP contribution in [0.4, 0.5) is 0 Å². The number of hydrogen-bond donors (Lipinski definition) is 0. The zero-order chi connectivity index (χ0) is 9.30. The van der Waals surface area contributed by atoms with E-state index in [9.17, 15) is 0 Å². The molecule has 62 valence electrons. The summed E-state index contributed by atoms with van der Waals surface area (Å²) in [5.74, 6) is 0. The SMILES string of the molecule is Cc1cc(C)c(C#N)c(C)c1C. The average Bonchev–Trinajstić information content (AvgIpc) is 2.01. The molecule has 0 unspecified atom stereocenters. The van der Waals surface area contributed by atoms with E-state index < -0.39 is 0 Å². The maximum absolute atomic E-state index is 8.86. The van der Waals surface area contributed by atoms with Crippen molar-refractivity contribution in [2.24, 2.45) is 0 Å². The van der Waals surface area contributed by atoms with Crippen molar-refractivity contribution in [3.8, 4) is 6.07 Å². The summed E-state index contributed by atoms with van der Waals surface area (Å²) >= 11 is 0. The minimum absolute atomic E-state index is 0.832. The Balaban J connectivity index is 3.54. The van der Waals surface area contributed by atoms with Crippen molar-refractivity contribution in [2.45, 2.75) is 27.7 Å². The van der Waals surface area contributed by atoms with Gasteiger partial charge in [0.2, 0.25) is 0 Å². The van der Waals surface area contributed by atoms with Gasteiger partial charge in [-0.15, -0.1) is 0 Å². The molecule has 0 aliphatic rings. The maximum atomic E-state index is 8.86. The average molecular weight is 159 g/mol. The summed E-state index contributed by atoms with van der Waals surface area (Å²) in [6.07, 6.45) is 0. The maximum Gasteiger partial charge on any atom is 0.0997 e. The lowest BCUT2D eigenvalue weighted by Gasteiger charge is -2.08. The van der Waals surface area contributed by atoms with E-state index in [4.69, 9.17) is 5.26 Å². The zero-order valence-corrected chi connectivity index (χ0v) is 8.02. The third kappa shape index (κ3) is 1.21. The highest BCUT2D eigenvalue weighted by Crippen LogP contribution is 2.20. The molecule has 0 bridgehead atoms. The summed E-state index contributed by atoms with van der Waals surface area (Å²) in [5.41, 5.74) is 5.53. The van der Waals surface area contributed by atoms with Gasteiger partial charge < -0.3 is 0 Å². The van der Waals surface area contributed by atoms with Gasteiger partial charge in [0.15, 0.2) is 0 Å². The van der Waals surface area contributed by atoms with Crippen molar-refractivity contribution in [3.63, 3.8) is 0 Å². The first kappa shape index (κ1) is 8.80. The number of rotatable bonds is 0. The molecule has 0 aliphatic carbocycles. The van der Waals surface area contributed by atoms with Crippen LogP contribution >= 0.6 is 0 Å². The molecule has 1 heteroatoms. The lowest BCUT2D eigenvalue weighted by Crippen LogP contribution is -1.94. The molecule has 0 heterocycles. The zero-order valence-electron chi connectivity index (χ0n) is 8.02. The second-order valence-electron chi connectivity index (χ2n) is 3.25. The molecule has 0 radical (unpaired) electrons. The van der Waals surface area contributed by atoms with Gasteiger partial charge in [0.25, 0.3) is 0 Å². The third-order valence-electron chi connectivity index (χ3n) is 2.47. The summed E-state index contributed by atoms with van der Waals surface area (Å²) < 4.78 is 0. The lowest BCUT2D eigenvalue weighted by atomic mass is 9.95. The van der Waals surface area contributed by atoms with Crippen molar-refractivity contribution in [1.82, 2.24) is 0 Å². The predicted octanol–water partition coefficient (Wildman–Crippen LogP) is 2.79. The van der Waals surface area contributed by atoms with Crippen LogP contribution in [0.1, 0.15) is 27.8 Å². The normalized spacial score (nSPS) is 9.58. The number of hydrogen-bond acceptors (Lipinski definition) is 1. The highest BCUT2D eigenvalue weighted by Gasteiger charge is 2.06. The molecule has 0 amide bonds. The molecule has 0 aromatic heterocycles. The molecular weight excluding hydrogens is 146 g/mol. The summed E-state index contributed by atoms with van der Waals surface area (Å²) in [6.45, 7) is 8.13. The van der Waals surface area contributed by atoms with Gasteiger partial charge >= 0.3 is 0 Å².